The molecule has 1 fully saturated rings. The molecule has 0 atom stereocenters. The quantitative estimate of drug-likeness (QED) is 0.483. The van der Waals surface area contributed by atoms with Crippen molar-refractivity contribution in [3.05, 3.63) is 22.4 Å². The largest absolute Gasteiger partial charge is 0.455 e. The standard InChI is InChI=1S/C22H37NO2S.ClH/c1-23(2)18-13-17-22(25-21(24)20-14-12-19-26-20)15-10-8-6-4-3-5-7-9-11-16-22;/h12,14,19H,3-11,13,15-18H2,1-2H3;1H. The van der Waals surface area contributed by atoms with Gasteiger partial charge in [-0.25, -0.2) is 4.79 Å². The maximum Gasteiger partial charge on any atom is 0.348 e. The van der Waals surface area contributed by atoms with Crippen LogP contribution in [-0.4, -0.2) is 37.1 Å². The monoisotopic (exact) mass is 415 g/mol. The smallest absolute Gasteiger partial charge is 0.348 e. The molecule has 156 valence electrons. The van der Waals surface area contributed by atoms with Gasteiger partial charge in [0.05, 0.1) is 0 Å². The van der Waals surface area contributed by atoms with E-state index in [0.717, 1.165) is 37.1 Å². The summed E-state index contributed by atoms with van der Waals surface area (Å²) in [5, 5.41) is 1.95. The Morgan fingerprint density at radius 1 is 1.04 bits per heavy atom. The molecule has 5 heteroatoms. The number of ether oxygens (including phenoxy) is 1. The van der Waals surface area contributed by atoms with Crippen LogP contribution in [0.25, 0.3) is 0 Å². The van der Waals surface area contributed by atoms with Gasteiger partial charge in [-0.3, -0.25) is 0 Å². The Balaban J connectivity index is 0.00000364. The highest BCUT2D eigenvalue weighted by Gasteiger charge is 2.33. The molecular formula is C22H38ClNO2S. The SMILES string of the molecule is CN(C)CCCC1(OC(=O)c2cccs2)CCCCCCCCCCC1.Cl. The number of carbonyl (C=O) groups is 1. The molecule has 0 aliphatic heterocycles. The van der Waals surface area contributed by atoms with Crippen LogP contribution in [0, 0.1) is 0 Å². The number of nitrogens with zero attached hydrogens (tertiary/aromatic N) is 1. The Labute approximate surface area is 176 Å². The third-order valence-corrected chi connectivity index (χ3v) is 6.38. The first kappa shape index (κ1) is 24.5. The van der Waals surface area contributed by atoms with E-state index in [1.807, 2.05) is 17.5 Å². The van der Waals surface area contributed by atoms with E-state index >= 15 is 0 Å². The lowest BCUT2D eigenvalue weighted by Crippen LogP contribution is -2.36. The molecule has 0 unspecified atom stereocenters. The van der Waals surface area contributed by atoms with Crippen molar-refractivity contribution in [2.24, 2.45) is 0 Å². The summed E-state index contributed by atoms with van der Waals surface area (Å²) in [7, 11) is 4.23. The molecule has 27 heavy (non-hydrogen) atoms. The number of carbonyl (C=O) groups excluding carboxylic acids is 1. The van der Waals surface area contributed by atoms with Gasteiger partial charge in [0.25, 0.3) is 0 Å². The van der Waals surface area contributed by atoms with Crippen LogP contribution in [0.2, 0.25) is 0 Å². The molecule has 0 N–H and O–H groups in total. The number of rotatable bonds is 6. The van der Waals surface area contributed by atoms with Crippen LogP contribution in [0.5, 0.6) is 0 Å². The van der Waals surface area contributed by atoms with E-state index in [4.69, 9.17) is 4.74 Å². The summed E-state index contributed by atoms with van der Waals surface area (Å²) in [5.74, 6) is -0.114. The molecule has 1 heterocycles. The van der Waals surface area contributed by atoms with E-state index in [1.54, 1.807) is 0 Å². The van der Waals surface area contributed by atoms with Gasteiger partial charge in [-0.05, 0) is 70.6 Å². The fraction of sp³-hybridized carbons (Fsp3) is 0.773. The molecule has 0 aromatic carbocycles. The second-order valence-corrected chi connectivity index (χ2v) is 9.09. The van der Waals surface area contributed by atoms with Gasteiger partial charge in [0.1, 0.15) is 10.5 Å². The number of esters is 1. The summed E-state index contributed by atoms with van der Waals surface area (Å²) in [6.07, 6.45) is 15.8. The van der Waals surface area contributed by atoms with Gasteiger partial charge in [0.2, 0.25) is 0 Å². The van der Waals surface area contributed by atoms with E-state index in [1.165, 1.54) is 69.1 Å². The minimum Gasteiger partial charge on any atom is -0.455 e. The predicted molar refractivity (Wildman–Crippen MR) is 118 cm³/mol. The minimum atomic E-state index is -0.268. The topological polar surface area (TPSA) is 29.5 Å². The van der Waals surface area contributed by atoms with Crippen molar-refractivity contribution in [3.8, 4) is 0 Å². The van der Waals surface area contributed by atoms with Crippen LogP contribution in [-0.2, 0) is 4.74 Å². The Kier molecular flexibility index (Phi) is 12.3. The van der Waals surface area contributed by atoms with Crippen LogP contribution < -0.4 is 0 Å². The van der Waals surface area contributed by atoms with Crippen molar-refractivity contribution in [1.82, 2.24) is 4.90 Å². The average molecular weight is 416 g/mol. The molecule has 1 aliphatic rings. The van der Waals surface area contributed by atoms with Crippen LogP contribution in [0.15, 0.2) is 17.5 Å². The normalized spacial score (nSPS) is 18.8. The molecule has 1 saturated carbocycles. The van der Waals surface area contributed by atoms with Gasteiger partial charge < -0.3 is 9.64 Å². The first-order valence-electron chi connectivity index (χ1n) is 10.5. The molecule has 1 aromatic heterocycles. The Morgan fingerprint density at radius 3 is 2.07 bits per heavy atom. The summed E-state index contributed by atoms with van der Waals surface area (Å²) in [4.78, 5) is 15.7. The van der Waals surface area contributed by atoms with Crippen molar-refractivity contribution < 1.29 is 9.53 Å². The second-order valence-electron chi connectivity index (χ2n) is 8.14. The maximum atomic E-state index is 12.7. The minimum absolute atomic E-state index is 0. The first-order valence-corrected chi connectivity index (χ1v) is 11.4. The van der Waals surface area contributed by atoms with Crippen LogP contribution >= 0.6 is 23.7 Å². The van der Waals surface area contributed by atoms with Gasteiger partial charge in [-0.2, -0.15) is 0 Å². The lowest BCUT2D eigenvalue weighted by molar-refractivity contribution is -0.0360. The lowest BCUT2D eigenvalue weighted by Gasteiger charge is -2.34. The Bertz CT molecular complexity index is 492. The first-order chi connectivity index (χ1) is 12.6. The van der Waals surface area contributed by atoms with Crippen molar-refractivity contribution in [2.75, 3.05) is 20.6 Å². The van der Waals surface area contributed by atoms with Crippen LogP contribution in [0.1, 0.15) is 93.1 Å². The molecule has 1 aromatic rings. The summed E-state index contributed by atoms with van der Waals surface area (Å²) in [5.41, 5.74) is -0.268. The van der Waals surface area contributed by atoms with Gasteiger partial charge in [0.15, 0.2) is 0 Å². The number of hydrogen-bond acceptors (Lipinski definition) is 4. The highest BCUT2D eigenvalue weighted by molar-refractivity contribution is 7.11. The molecule has 0 spiro atoms. The number of thiophene rings is 1. The average Bonchev–Trinajstić information content (AvgIpc) is 3.12. The highest BCUT2D eigenvalue weighted by atomic mass is 35.5. The molecule has 0 amide bonds. The molecule has 2 rings (SSSR count). The maximum absolute atomic E-state index is 12.7. The van der Waals surface area contributed by atoms with Crippen molar-refractivity contribution in [3.63, 3.8) is 0 Å². The molecule has 0 saturated heterocycles. The van der Waals surface area contributed by atoms with Crippen molar-refractivity contribution in [2.45, 2.75) is 89.1 Å². The Morgan fingerprint density at radius 2 is 1.59 bits per heavy atom. The zero-order valence-electron chi connectivity index (χ0n) is 17.2. The second kappa shape index (κ2) is 13.6. The fourth-order valence-electron chi connectivity index (χ4n) is 4.02. The molecule has 1 aliphatic carbocycles. The summed E-state index contributed by atoms with van der Waals surface area (Å²) >= 11 is 1.49. The van der Waals surface area contributed by atoms with Crippen molar-refractivity contribution >= 4 is 29.7 Å². The van der Waals surface area contributed by atoms with E-state index < -0.39 is 0 Å². The molecule has 0 bridgehead atoms. The van der Waals surface area contributed by atoms with E-state index in [9.17, 15) is 4.79 Å². The van der Waals surface area contributed by atoms with E-state index in [0.29, 0.717) is 0 Å². The van der Waals surface area contributed by atoms with Gasteiger partial charge >= 0.3 is 5.97 Å². The van der Waals surface area contributed by atoms with E-state index in [-0.39, 0.29) is 24.0 Å². The van der Waals surface area contributed by atoms with Gasteiger partial charge in [-0.1, -0.05) is 51.0 Å². The third-order valence-electron chi connectivity index (χ3n) is 5.53. The third kappa shape index (κ3) is 9.45. The van der Waals surface area contributed by atoms with Crippen molar-refractivity contribution in [1.29, 1.82) is 0 Å². The number of halogens is 1. The molecule has 0 radical (unpaired) electrons. The lowest BCUT2D eigenvalue weighted by atomic mass is 9.84. The highest BCUT2D eigenvalue weighted by Crippen LogP contribution is 2.34. The zero-order chi connectivity index (χ0) is 18.7. The fourth-order valence-corrected chi connectivity index (χ4v) is 4.62. The zero-order valence-corrected chi connectivity index (χ0v) is 18.8. The Hall–Kier alpha value is -0.580. The van der Waals surface area contributed by atoms with Crippen LogP contribution in [0.3, 0.4) is 0 Å². The van der Waals surface area contributed by atoms with E-state index in [2.05, 4.69) is 19.0 Å². The summed E-state index contributed by atoms with van der Waals surface area (Å²) < 4.78 is 6.26. The van der Waals surface area contributed by atoms with Crippen LogP contribution in [0.4, 0.5) is 0 Å². The molecular weight excluding hydrogens is 378 g/mol. The van der Waals surface area contributed by atoms with Gasteiger partial charge in [0, 0.05) is 0 Å². The number of hydrogen-bond donors (Lipinski definition) is 0. The molecule has 3 nitrogen and oxygen atoms in total. The summed E-state index contributed by atoms with van der Waals surface area (Å²) in [6.45, 7) is 1.05. The van der Waals surface area contributed by atoms with Gasteiger partial charge in [-0.15, -0.1) is 23.7 Å². The summed E-state index contributed by atoms with van der Waals surface area (Å²) in [6, 6.07) is 3.82. The predicted octanol–water partition coefficient (Wildman–Crippen LogP) is 6.71.